The van der Waals surface area contributed by atoms with Crippen molar-refractivity contribution in [2.24, 2.45) is 5.92 Å². The Kier molecular flexibility index (Phi) is 5.83. The minimum absolute atomic E-state index is 0.0747. The van der Waals surface area contributed by atoms with Gasteiger partial charge in [-0.15, -0.1) is 0 Å². The summed E-state index contributed by atoms with van der Waals surface area (Å²) in [5.74, 6) is 0.664. The van der Waals surface area contributed by atoms with Crippen LogP contribution in [0.4, 0.5) is 5.69 Å². The third kappa shape index (κ3) is 4.47. The molecule has 1 amide bonds. The van der Waals surface area contributed by atoms with Gasteiger partial charge in [-0.25, -0.2) is 0 Å². The van der Waals surface area contributed by atoms with E-state index in [9.17, 15) is 4.79 Å². The maximum absolute atomic E-state index is 12.0. The number of benzene rings is 1. The van der Waals surface area contributed by atoms with E-state index in [0.717, 1.165) is 25.3 Å². The maximum atomic E-state index is 12.0. The van der Waals surface area contributed by atoms with Crippen molar-refractivity contribution in [3.05, 3.63) is 29.3 Å². The lowest BCUT2D eigenvalue weighted by molar-refractivity contribution is -0.119. The Labute approximate surface area is 134 Å². The molecule has 4 nitrogen and oxygen atoms in total. The van der Waals surface area contributed by atoms with Gasteiger partial charge in [-0.1, -0.05) is 18.2 Å². The molecule has 1 fully saturated rings. The normalized spacial score (nSPS) is 18.7. The summed E-state index contributed by atoms with van der Waals surface area (Å²) >= 11 is 0. The third-order valence-corrected chi connectivity index (χ3v) is 4.54. The summed E-state index contributed by atoms with van der Waals surface area (Å²) in [6.07, 6.45) is 1.18. The molecule has 0 saturated carbocycles. The molecule has 1 atom stereocenters. The van der Waals surface area contributed by atoms with Crippen molar-refractivity contribution in [2.75, 3.05) is 31.5 Å². The molecule has 122 valence electrons. The van der Waals surface area contributed by atoms with Crippen molar-refractivity contribution >= 4 is 11.6 Å². The van der Waals surface area contributed by atoms with Crippen LogP contribution in [0.25, 0.3) is 0 Å². The second-order valence-electron chi connectivity index (χ2n) is 6.67. The molecule has 0 aromatic heterocycles. The highest BCUT2D eigenvalue weighted by Crippen LogP contribution is 2.19. The number of carbonyl (C=O) groups is 1. The number of likely N-dealkylation sites (tertiary alicyclic amines) is 1. The Morgan fingerprint density at radius 3 is 2.59 bits per heavy atom. The first kappa shape index (κ1) is 16.8. The average Bonchev–Trinajstić information content (AvgIpc) is 2.93. The van der Waals surface area contributed by atoms with Crippen LogP contribution in [0.3, 0.4) is 0 Å². The summed E-state index contributed by atoms with van der Waals surface area (Å²) < 4.78 is 0. The van der Waals surface area contributed by atoms with E-state index in [2.05, 4.69) is 55.4 Å². The molecule has 0 unspecified atom stereocenters. The zero-order valence-electron chi connectivity index (χ0n) is 14.3. The van der Waals surface area contributed by atoms with Gasteiger partial charge in [-0.3, -0.25) is 4.79 Å². The fourth-order valence-electron chi connectivity index (χ4n) is 3.08. The Morgan fingerprint density at radius 2 is 2.00 bits per heavy atom. The van der Waals surface area contributed by atoms with Gasteiger partial charge < -0.3 is 15.5 Å². The first-order chi connectivity index (χ1) is 10.5. The predicted octanol–water partition coefficient (Wildman–Crippen LogP) is 2.56. The molecule has 0 spiro atoms. The summed E-state index contributed by atoms with van der Waals surface area (Å²) in [7, 11) is 0. The van der Waals surface area contributed by atoms with Gasteiger partial charge >= 0.3 is 0 Å². The minimum atomic E-state index is 0.0747. The minimum Gasteiger partial charge on any atom is -0.376 e. The van der Waals surface area contributed by atoms with Gasteiger partial charge in [0, 0.05) is 24.8 Å². The molecule has 2 rings (SSSR count). The third-order valence-electron chi connectivity index (χ3n) is 4.54. The molecule has 0 radical (unpaired) electrons. The van der Waals surface area contributed by atoms with Gasteiger partial charge in [0.25, 0.3) is 0 Å². The smallest absolute Gasteiger partial charge is 0.239 e. The van der Waals surface area contributed by atoms with Gasteiger partial charge in [0.2, 0.25) is 5.91 Å². The molecular formula is C18H29N3O. The van der Waals surface area contributed by atoms with Crippen LogP contribution in [-0.2, 0) is 4.79 Å². The van der Waals surface area contributed by atoms with Gasteiger partial charge in [0.05, 0.1) is 6.54 Å². The van der Waals surface area contributed by atoms with E-state index in [1.165, 1.54) is 17.5 Å². The second-order valence-corrected chi connectivity index (χ2v) is 6.67. The van der Waals surface area contributed by atoms with Crippen LogP contribution >= 0.6 is 0 Å². The number of aryl methyl sites for hydroxylation is 2. The molecule has 1 heterocycles. The van der Waals surface area contributed by atoms with Crippen molar-refractivity contribution in [3.8, 4) is 0 Å². The number of nitrogens with zero attached hydrogens (tertiary/aromatic N) is 1. The van der Waals surface area contributed by atoms with E-state index in [-0.39, 0.29) is 5.91 Å². The number of carbonyl (C=O) groups excluding carboxylic acids is 1. The van der Waals surface area contributed by atoms with Crippen LogP contribution in [0.15, 0.2) is 18.2 Å². The summed E-state index contributed by atoms with van der Waals surface area (Å²) in [6, 6.07) is 6.76. The van der Waals surface area contributed by atoms with Crippen LogP contribution in [0.1, 0.15) is 31.4 Å². The quantitative estimate of drug-likeness (QED) is 0.849. The molecule has 2 N–H and O–H groups in total. The average molecular weight is 303 g/mol. The summed E-state index contributed by atoms with van der Waals surface area (Å²) in [4.78, 5) is 14.5. The molecule has 0 bridgehead atoms. The maximum Gasteiger partial charge on any atom is 0.239 e. The summed E-state index contributed by atoms with van der Waals surface area (Å²) in [5, 5.41) is 6.33. The molecular weight excluding hydrogens is 274 g/mol. The van der Waals surface area contributed by atoms with Gasteiger partial charge in [-0.05, 0) is 57.7 Å². The molecule has 1 aliphatic rings. The summed E-state index contributed by atoms with van der Waals surface area (Å²) in [6.45, 7) is 12.0. The van der Waals surface area contributed by atoms with Crippen LogP contribution < -0.4 is 10.6 Å². The lowest BCUT2D eigenvalue weighted by Gasteiger charge is -2.20. The van der Waals surface area contributed by atoms with Gasteiger partial charge in [0.15, 0.2) is 0 Å². The number of amides is 1. The van der Waals surface area contributed by atoms with E-state index < -0.39 is 0 Å². The second kappa shape index (κ2) is 7.63. The van der Waals surface area contributed by atoms with Gasteiger partial charge in [-0.2, -0.15) is 0 Å². The van der Waals surface area contributed by atoms with Crippen LogP contribution in [0.2, 0.25) is 0 Å². The fraction of sp³-hybridized carbons (Fsp3) is 0.611. The first-order valence-electron chi connectivity index (χ1n) is 8.28. The first-order valence-corrected chi connectivity index (χ1v) is 8.28. The van der Waals surface area contributed by atoms with E-state index in [4.69, 9.17) is 0 Å². The van der Waals surface area contributed by atoms with Crippen LogP contribution in [0.5, 0.6) is 0 Å². The number of hydrogen-bond acceptors (Lipinski definition) is 3. The van der Waals surface area contributed by atoms with Crippen molar-refractivity contribution in [1.29, 1.82) is 0 Å². The topological polar surface area (TPSA) is 44.4 Å². The molecule has 4 heteroatoms. The molecule has 1 aromatic rings. The highest BCUT2D eigenvalue weighted by molar-refractivity contribution is 5.81. The SMILES string of the molecule is Cc1cccc(C)c1NCC(=O)NC[C@H]1CCN(C(C)C)C1. The molecule has 22 heavy (non-hydrogen) atoms. The molecule has 1 saturated heterocycles. The van der Waals surface area contributed by atoms with Crippen LogP contribution in [0, 0.1) is 19.8 Å². The van der Waals surface area contributed by atoms with E-state index >= 15 is 0 Å². The lowest BCUT2D eigenvalue weighted by Crippen LogP contribution is -2.35. The van der Waals surface area contributed by atoms with E-state index in [0.29, 0.717) is 18.5 Å². The molecule has 1 aromatic carbocycles. The Hall–Kier alpha value is -1.55. The van der Waals surface area contributed by atoms with E-state index in [1.54, 1.807) is 0 Å². The molecule has 0 aliphatic carbocycles. The van der Waals surface area contributed by atoms with Gasteiger partial charge in [0.1, 0.15) is 0 Å². The monoisotopic (exact) mass is 303 g/mol. The number of hydrogen-bond donors (Lipinski definition) is 2. The summed E-state index contributed by atoms with van der Waals surface area (Å²) in [5.41, 5.74) is 3.43. The zero-order valence-corrected chi connectivity index (χ0v) is 14.3. The Bertz CT molecular complexity index is 493. The number of anilines is 1. The lowest BCUT2D eigenvalue weighted by atomic mass is 10.1. The Balaban J connectivity index is 1.73. The zero-order chi connectivity index (χ0) is 16.1. The fourth-order valence-corrected chi connectivity index (χ4v) is 3.08. The Morgan fingerprint density at radius 1 is 1.32 bits per heavy atom. The number of nitrogens with one attached hydrogen (secondary N) is 2. The largest absolute Gasteiger partial charge is 0.376 e. The highest BCUT2D eigenvalue weighted by atomic mass is 16.1. The highest BCUT2D eigenvalue weighted by Gasteiger charge is 2.24. The van der Waals surface area contributed by atoms with Crippen molar-refractivity contribution in [1.82, 2.24) is 10.2 Å². The van der Waals surface area contributed by atoms with E-state index in [1.807, 2.05) is 6.07 Å². The van der Waals surface area contributed by atoms with Crippen LogP contribution in [-0.4, -0.2) is 43.0 Å². The predicted molar refractivity (Wildman–Crippen MR) is 92.2 cm³/mol. The standard InChI is InChI=1S/C18H29N3O/c1-13(2)21-9-8-16(12-21)10-19-17(22)11-20-18-14(3)6-5-7-15(18)4/h5-7,13,16,20H,8-12H2,1-4H3,(H,19,22)/t16-/m1/s1. The number of para-hydroxylation sites is 1. The van der Waals surface area contributed by atoms with Crippen molar-refractivity contribution in [2.45, 2.75) is 40.2 Å². The van der Waals surface area contributed by atoms with Crippen molar-refractivity contribution < 1.29 is 4.79 Å². The van der Waals surface area contributed by atoms with Crippen molar-refractivity contribution in [3.63, 3.8) is 0 Å². The molecule has 1 aliphatic heterocycles. The number of rotatable bonds is 6.